The monoisotopic (exact) mass is 427 g/mol. The van der Waals surface area contributed by atoms with Crippen molar-refractivity contribution in [3.05, 3.63) is 54.1 Å². The zero-order valence-corrected chi connectivity index (χ0v) is 18.6. The van der Waals surface area contributed by atoms with Crippen molar-refractivity contribution >= 4 is 29.4 Å². The molecule has 29 heavy (non-hydrogen) atoms. The molecular weight excluding hydrogens is 398 g/mol. The largest absolute Gasteiger partial charge is 0.342 e. The second-order valence-electron chi connectivity index (χ2n) is 8.66. The first-order valence-electron chi connectivity index (χ1n) is 10.8. The molecular formula is C23H29N3OS2. The number of benzene rings is 1. The van der Waals surface area contributed by atoms with Gasteiger partial charge in [-0.2, -0.15) is 0 Å². The van der Waals surface area contributed by atoms with Crippen molar-refractivity contribution in [2.45, 2.75) is 42.2 Å². The minimum Gasteiger partial charge on any atom is -0.342 e. The van der Waals surface area contributed by atoms with Crippen LogP contribution in [0.15, 0.2) is 42.7 Å². The van der Waals surface area contributed by atoms with Gasteiger partial charge in [-0.25, -0.2) is 4.98 Å². The topological polar surface area (TPSA) is 46.9 Å². The molecule has 4 nitrogen and oxygen atoms in total. The van der Waals surface area contributed by atoms with E-state index in [1.807, 2.05) is 36.0 Å². The number of thioether (sulfide) groups is 2. The number of amides is 1. The average Bonchev–Trinajstić information content (AvgIpc) is 3.36. The van der Waals surface area contributed by atoms with Crippen LogP contribution in [-0.2, 0) is 11.8 Å². The third-order valence-electron chi connectivity index (χ3n) is 7.03. The maximum atomic E-state index is 13.5. The van der Waals surface area contributed by atoms with Crippen LogP contribution in [-0.4, -0.2) is 31.0 Å². The van der Waals surface area contributed by atoms with Gasteiger partial charge in [0.2, 0.25) is 5.91 Å². The van der Waals surface area contributed by atoms with Gasteiger partial charge in [0.1, 0.15) is 11.9 Å². The summed E-state index contributed by atoms with van der Waals surface area (Å²) in [6.07, 6.45) is 9.77. The Morgan fingerprint density at radius 3 is 2.48 bits per heavy atom. The second kappa shape index (κ2) is 8.03. The first-order valence-corrected chi connectivity index (χ1v) is 12.7. The van der Waals surface area contributed by atoms with Crippen molar-refractivity contribution in [3.63, 3.8) is 0 Å². The molecule has 3 unspecified atom stereocenters. The molecule has 1 aromatic carbocycles. The van der Waals surface area contributed by atoms with E-state index in [0.29, 0.717) is 15.9 Å². The number of nitrogens with zero attached hydrogens (tertiary/aromatic N) is 2. The Kier molecular flexibility index (Phi) is 5.41. The summed E-state index contributed by atoms with van der Waals surface area (Å²) in [4.78, 5) is 18.0. The van der Waals surface area contributed by atoms with E-state index in [1.54, 1.807) is 6.20 Å². The van der Waals surface area contributed by atoms with E-state index < -0.39 is 0 Å². The zero-order valence-electron chi connectivity index (χ0n) is 16.9. The van der Waals surface area contributed by atoms with Crippen LogP contribution >= 0.6 is 23.5 Å². The molecule has 2 aromatic rings. The molecule has 6 heteroatoms. The Morgan fingerprint density at radius 1 is 1.17 bits per heavy atom. The van der Waals surface area contributed by atoms with Gasteiger partial charge in [0.05, 0.1) is 4.08 Å². The van der Waals surface area contributed by atoms with Gasteiger partial charge in [0, 0.05) is 36.9 Å². The Morgan fingerprint density at radius 2 is 1.86 bits per heavy atom. The molecule has 5 rings (SSSR count). The molecule has 2 aliphatic carbocycles. The van der Waals surface area contributed by atoms with Crippen molar-refractivity contribution in [2.75, 3.05) is 11.5 Å². The Bertz CT molecular complexity index is 846. The van der Waals surface area contributed by atoms with Crippen molar-refractivity contribution in [3.8, 4) is 0 Å². The van der Waals surface area contributed by atoms with E-state index in [2.05, 4.69) is 46.0 Å². The van der Waals surface area contributed by atoms with Crippen molar-refractivity contribution in [1.82, 2.24) is 14.9 Å². The van der Waals surface area contributed by atoms with Crippen LogP contribution in [0.5, 0.6) is 0 Å². The maximum absolute atomic E-state index is 13.5. The number of hydrogen-bond donors (Lipinski definition) is 1. The molecule has 154 valence electrons. The van der Waals surface area contributed by atoms with Gasteiger partial charge in [-0.05, 0) is 43.1 Å². The second-order valence-corrected chi connectivity index (χ2v) is 11.7. The zero-order chi connectivity index (χ0) is 19.8. The molecule has 3 aliphatic rings. The number of imidazole rings is 1. The van der Waals surface area contributed by atoms with Gasteiger partial charge in [-0.3, -0.25) is 4.79 Å². The van der Waals surface area contributed by atoms with Crippen LogP contribution < -0.4 is 5.32 Å². The van der Waals surface area contributed by atoms with Crippen molar-refractivity contribution < 1.29 is 4.79 Å². The highest BCUT2D eigenvalue weighted by Crippen LogP contribution is 2.64. The SMILES string of the molecule is Cn1ccnc1C(NC(=O)C1CC2CCCC(C1)C21SCCS1)c1ccccc1. The number of rotatable bonds is 4. The predicted octanol–water partition coefficient (Wildman–Crippen LogP) is 4.63. The van der Waals surface area contributed by atoms with Gasteiger partial charge in [-0.15, -0.1) is 23.5 Å². The standard InChI is InChI=1S/C23H29N3OS2/c1-26-11-10-24-21(26)20(16-6-3-2-4-7-16)25-22(27)17-14-18-8-5-9-19(15-17)23(18)28-12-13-29-23/h2-4,6-7,10-11,17-20H,5,8-9,12-15H2,1H3,(H,25,27). The minimum atomic E-state index is -0.199. The average molecular weight is 428 g/mol. The molecule has 1 aromatic heterocycles. The molecule has 3 atom stereocenters. The Balaban J connectivity index is 1.37. The normalized spacial score (nSPS) is 28.9. The lowest BCUT2D eigenvalue weighted by Crippen LogP contribution is -2.50. The summed E-state index contributed by atoms with van der Waals surface area (Å²) < 4.78 is 2.42. The summed E-state index contributed by atoms with van der Waals surface area (Å²) in [7, 11) is 1.99. The fourth-order valence-corrected chi connectivity index (χ4v) is 9.62. The highest BCUT2D eigenvalue weighted by Gasteiger charge is 2.55. The molecule has 0 radical (unpaired) electrons. The number of nitrogens with one attached hydrogen (secondary N) is 1. The fourth-order valence-electron chi connectivity index (χ4n) is 5.68. The lowest BCUT2D eigenvalue weighted by Gasteiger charge is -2.52. The van der Waals surface area contributed by atoms with Gasteiger partial charge in [-0.1, -0.05) is 36.8 Å². The van der Waals surface area contributed by atoms with E-state index in [0.717, 1.165) is 24.2 Å². The van der Waals surface area contributed by atoms with E-state index in [-0.39, 0.29) is 17.9 Å². The number of carbonyl (C=O) groups is 1. The van der Waals surface area contributed by atoms with E-state index in [9.17, 15) is 4.79 Å². The van der Waals surface area contributed by atoms with Crippen LogP contribution in [0.1, 0.15) is 49.5 Å². The maximum Gasteiger partial charge on any atom is 0.223 e. The van der Waals surface area contributed by atoms with Crippen LogP contribution in [0.3, 0.4) is 0 Å². The first-order chi connectivity index (χ1) is 14.2. The van der Waals surface area contributed by atoms with Crippen LogP contribution in [0.25, 0.3) is 0 Å². The smallest absolute Gasteiger partial charge is 0.223 e. The fraction of sp³-hybridized carbons (Fsp3) is 0.565. The van der Waals surface area contributed by atoms with Gasteiger partial charge in [0.15, 0.2) is 0 Å². The number of aromatic nitrogens is 2. The van der Waals surface area contributed by atoms with E-state index in [4.69, 9.17) is 0 Å². The highest BCUT2D eigenvalue weighted by molar-refractivity contribution is 8.21. The molecule has 1 saturated heterocycles. The number of hydrogen-bond acceptors (Lipinski definition) is 4. The summed E-state index contributed by atoms with van der Waals surface area (Å²) in [6.45, 7) is 0. The molecule has 1 amide bonds. The molecule has 3 fully saturated rings. The Hall–Kier alpha value is -1.40. The minimum absolute atomic E-state index is 0.129. The summed E-state index contributed by atoms with van der Waals surface area (Å²) in [5.74, 6) is 5.16. The predicted molar refractivity (Wildman–Crippen MR) is 121 cm³/mol. The van der Waals surface area contributed by atoms with Crippen LogP contribution in [0.4, 0.5) is 0 Å². The highest BCUT2D eigenvalue weighted by atomic mass is 32.2. The molecule has 2 saturated carbocycles. The third kappa shape index (κ3) is 3.52. The molecule has 1 N–H and O–H groups in total. The summed E-state index contributed by atoms with van der Waals surface area (Å²) in [6, 6.07) is 10.0. The van der Waals surface area contributed by atoms with Gasteiger partial charge in [0.25, 0.3) is 0 Å². The van der Waals surface area contributed by atoms with Crippen molar-refractivity contribution in [2.24, 2.45) is 24.8 Å². The lowest BCUT2D eigenvalue weighted by molar-refractivity contribution is -0.128. The molecule has 1 aliphatic heterocycles. The summed E-state index contributed by atoms with van der Waals surface area (Å²) in [5.41, 5.74) is 1.09. The van der Waals surface area contributed by atoms with Gasteiger partial charge >= 0.3 is 0 Å². The van der Waals surface area contributed by atoms with E-state index in [1.165, 1.54) is 30.8 Å². The molecule has 2 bridgehead atoms. The lowest BCUT2D eigenvalue weighted by atomic mass is 9.67. The molecule has 1 spiro atoms. The van der Waals surface area contributed by atoms with Gasteiger partial charge < -0.3 is 9.88 Å². The number of aryl methyl sites for hydroxylation is 1. The summed E-state index contributed by atoms with van der Waals surface area (Å²) in [5, 5.41) is 3.38. The Labute approximate surface area is 181 Å². The van der Waals surface area contributed by atoms with Crippen molar-refractivity contribution in [1.29, 1.82) is 0 Å². The third-order valence-corrected chi connectivity index (χ3v) is 11.0. The van der Waals surface area contributed by atoms with E-state index >= 15 is 0 Å². The quantitative estimate of drug-likeness (QED) is 0.773. The molecule has 2 heterocycles. The van der Waals surface area contributed by atoms with Crippen LogP contribution in [0, 0.1) is 17.8 Å². The van der Waals surface area contributed by atoms with Crippen LogP contribution in [0.2, 0.25) is 0 Å². The first kappa shape index (κ1) is 19.6. The number of carbonyl (C=O) groups excluding carboxylic acids is 1. The summed E-state index contributed by atoms with van der Waals surface area (Å²) >= 11 is 4.40.